The monoisotopic (exact) mass is 475 g/mol. The summed E-state index contributed by atoms with van der Waals surface area (Å²) in [6.07, 6.45) is -6.79. The Bertz CT molecular complexity index is 885. The van der Waals surface area contributed by atoms with Gasteiger partial charge in [-0.3, -0.25) is 9.88 Å². The number of anilines is 1. The van der Waals surface area contributed by atoms with Crippen molar-refractivity contribution in [3.05, 3.63) is 22.5 Å². The van der Waals surface area contributed by atoms with Gasteiger partial charge in [0.05, 0.1) is 25.0 Å². The number of aliphatic hydroxyl groups excluding tert-OH is 3. The fourth-order valence-electron chi connectivity index (χ4n) is 3.68. The zero-order valence-corrected chi connectivity index (χ0v) is 18.6. The summed E-state index contributed by atoms with van der Waals surface area (Å²) in [4.78, 5) is 27.8. The Balaban J connectivity index is 1.67. The molecule has 1 amide bonds. The van der Waals surface area contributed by atoms with Crippen molar-refractivity contribution in [2.45, 2.75) is 89.2 Å². The number of hydrogen-bond donors (Lipinski definition) is 4. The molecule has 8 atom stereocenters. The molecule has 4 N–H and O–H groups in total. The average molecular weight is 475 g/mol. The van der Waals surface area contributed by atoms with Crippen LogP contribution in [0.2, 0.25) is 0 Å². The van der Waals surface area contributed by atoms with Crippen molar-refractivity contribution in [1.29, 1.82) is 0 Å². The highest BCUT2D eigenvalue weighted by molar-refractivity contribution is 5.83. The van der Waals surface area contributed by atoms with E-state index in [1.807, 2.05) is 6.92 Å². The number of carbonyl (C=O) groups excluding carboxylic acids is 1. The molecule has 0 radical (unpaired) electrons. The lowest BCUT2D eigenvalue weighted by Gasteiger charge is -2.24. The molecule has 0 aliphatic carbocycles. The van der Waals surface area contributed by atoms with Gasteiger partial charge >= 0.3 is 11.8 Å². The summed E-state index contributed by atoms with van der Waals surface area (Å²) < 4.78 is 36.7. The molecular weight excluding hydrogens is 445 g/mol. The summed E-state index contributed by atoms with van der Waals surface area (Å²) >= 11 is 0. The van der Waals surface area contributed by atoms with Gasteiger partial charge in [0.15, 0.2) is 24.2 Å². The van der Waals surface area contributed by atoms with Gasteiger partial charge in [-0.15, -0.1) is 0 Å². The van der Waals surface area contributed by atoms with Gasteiger partial charge < -0.3 is 34.3 Å². The van der Waals surface area contributed by atoms with Gasteiger partial charge in [-0.05, 0) is 20.3 Å². The first-order valence-corrected chi connectivity index (χ1v) is 10.9. The smallest absolute Gasteiger partial charge is 0.412 e. The summed E-state index contributed by atoms with van der Waals surface area (Å²) in [5.41, 5.74) is -0.990. The van der Waals surface area contributed by atoms with E-state index in [0.717, 1.165) is 23.6 Å². The first-order chi connectivity index (χ1) is 15.6. The van der Waals surface area contributed by atoms with E-state index >= 15 is 0 Å². The molecule has 12 nitrogen and oxygen atoms in total. The maximum atomic E-state index is 14.5. The van der Waals surface area contributed by atoms with Crippen molar-refractivity contribution in [3.63, 3.8) is 0 Å². The number of rotatable bonds is 8. The SMILES string of the molecule is CCCCCOC(=O)Nc1nc(=O)n(C2O[C@H](C)[C@@H](O[C@H]3O[C@H](C)[C@@H](O)[C@H]3O)[C@H]2O)cc1F. The number of hydrogen-bond acceptors (Lipinski definition) is 10. The third-order valence-corrected chi connectivity index (χ3v) is 5.58. The Morgan fingerprint density at radius 1 is 1.18 bits per heavy atom. The molecular formula is C20H30FN3O9. The standard InChI is InChI=1S/C20H30FN3O9/c1-4-5-6-7-30-20(29)23-16-11(21)8-24(19(28)22-16)17-14(27)15(10(3)31-17)33-18-13(26)12(25)9(2)32-18/h8-10,12-15,17-18,25-27H,4-7H2,1-3H3,(H,22,23,28,29)/t9-,10-,12-,13-,14-,15-,17?,18-/m1/s1. The second kappa shape index (κ2) is 10.8. The number of aromatic nitrogens is 2. The molecule has 0 saturated carbocycles. The lowest BCUT2D eigenvalue weighted by atomic mass is 10.1. The lowest BCUT2D eigenvalue weighted by Crippen LogP contribution is -2.42. The number of unbranched alkanes of at least 4 members (excludes halogenated alkanes) is 2. The van der Waals surface area contributed by atoms with Crippen LogP contribution in [0.4, 0.5) is 15.0 Å². The highest BCUT2D eigenvalue weighted by Crippen LogP contribution is 2.33. The molecule has 186 valence electrons. The van der Waals surface area contributed by atoms with Crippen LogP contribution in [-0.4, -0.2) is 80.5 Å². The highest BCUT2D eigenvalue weighted by Gasteiger charge is 2.49. The average Bonchev–Trinajstić information content (AvgIpc) is 3.18. The van der Waals surface area contributed by atoms with Crippen LogP contribution in [0, 0.1) is 5.82 Å². The van der Waals surface area contributed by atoms with Crippen molar-refractivity contribution in [2.75, 3.05) is 11.9 Å². The summed E-state index contributed by atoms with van der Waals surface area (Å²) in [6.45, 7) is 5.24. The third kappa shape index (κ3) is 5.67. The van der Waals surface area contributed by atoms with Crippen LogP contribution in [-0.2, 0) is 18.9 Å². The minimum absolute atomic E-state index is 0.148. The molecule has 3 rings (SSSR count). The zero-order chi connectivity index (χ0) is 24.3. The quantitative estimate of drug-likeness (QED) is 0.384. The second-order valence-electron chi connectivity index (χ2n) is 8.11. The molecule has 0 aromatic carbocycles. The predicted molar refractivity (Wildman–Crippen MR) is 110 cm³/mol. The lowest BCUT2D eigenvalue weighted by molar-refractivity contribution is -0.207. The van der Waals surface area contributed by atoms with Crippen LogP contribution in [0.15, 0.2) is 11.0 Å². The van der Waals surface area contributed by atoms with Crippen LogP contribution in [0.5, 0.6) is 0 Å². The van der Waals surface area contributed by atoms with E-state index < -0.39 is 72.6 Å². The van der Waals surface area contributed by atoms with Crippen LogP contribution < -0.4 is 11.0 Å². The second-order valence-corrected chi connectivity index (χ2v) is 8.11. The molecule has 2 aliphatic heterocycles. The minimum atomic E-state index is -1.45. The molecule has 13 heteroatoms. The number of amides is 1. The minimum Gasteiger partial charge on any atom is -0.449 e. The fraction of sp³-hybridized carbons (Fsp3) is 0.750. The molecule has 1 aromatic heterocycles. The third-order valence-electron chi connectivity index (χ3n) is 5.58. The van der Waals surface area contributed by atoms with Crippen molar-refractivity contribution in [3.8, 4) is 0 Å². The summed E-state index contributed by atoms with van der Waals surface area (Å²) in [5.74, 6) is -1.66. The van der Waals surface area contributed by atoms with Crippen LogP contribution >= 0.6 is 0 Å². The molecule has 2 fully saturated rings. The topological polar surface area (TPSA) is 162 Å². The van der Waals surface area contributed by atoms with Gasteiger partial charge in [0.2, 0.25) is 0 Å². The van der Waals surface area contributed by atoms with E-state index in [-0.39, 0.29) is 6.61 Å². The Kier molecular flexibility index (Phi) is 8.37. The predicted octanol–water partition coefficient (Wildman–Crippen LogP) is 0.251. The van der Waals surface area contributed by atoms with Gasteiger partial charge in [0.1, 0.15) is 24.4 Å². The Labute approximate surface area is 189 Å². The van der Waals surface area contributed by atoms with Crippen molar-refractivity contribution < 1.29 is 43.5 Å². The van der Waals surface area contributed by atoms with Gasteiger partial charge in [0.25, 0.3) is 0 Å². The molecule has 2 aliphatic rings. The summed E-state index contributed by atoms with van der Waals surface area (Å²) in [5, 5.41) is 32.6. The van der Waals surface area contributed by atoms with E-state index in [9.17, 15) is 29.3 Å². The Morgan fingerprint density at radius 3 is 2.55 bits per heavy atom. The van der Waals surface area contributed by atoms with E-state index in [1.165, 1.54) is 0 Å². The maximum absolute atomic E-state index is 14.5. The van der Waals surface area contributed by atoms with Crippen LogP contribution in [0.3, 0.4) is 0 Å². The van der Waals surface area contributed by atoms with Gasteiger partial charge in [0, 0.05) is 0 Å². The largest absolute Gasteiger partial charge is 0.449 e. The van der Waals surface area contributed by atoms with Gasteiger partial charge in [-0.25, -0.2) is 14.0 Å². The van der Waals surface area contributed by atoms with E-state index in [2.05, 4.69) is 10.3 Å². The maximum Gasteiger partial charge on any atom is 0.412 e. The first kappa shape index (κ1) is 25.5. The van der Waals surface area contributed by atoms with Gasteiger partial charge in [-0.1, -0.05) is 19.8 Å². The molecule has 1 aromatic rings. The molecule has 1 unspecified atom stereocenters. The summed E-state index contributed by atoms with van der Waals surface area (Å²) in [6, 6.07) is 0. The normalized spacial score (nSPS) is 33.9. The summed E-state index contributed by atoms with van der Waals surface area (Å²) in [7, 11) is 0. The van der Waals surface area contributed by atoms with E-state index in [1.54, 1.807) is 13.8 Å². The highest BCUT2D eigenvalue weighted by atomic mass is 19.1. The number of halogens is 1. The van der Waals surface area contributed by atoms with Crippen LogP contribution in [0.1, 0.15) is 46.3 Å². The number of ether oxygens (including phenoxy) is 4. The fourth-order valence-corrected chi connectivity index (χ4v) is 3.68. The van der Waals surface area contributed by atoms with Crippen LogP contribution in [0.25, 0.3) is 0 Å². The molecule has 33 heavy (non-hydrogen) atoms. The number of aliphatic hydroxyl groups is 3. The molecule has 0 spiro atoms. The Hall–Kier alpha value is -2.16. The molecule has 3 heterocycles. The van der Waals surface area contributed by atoms with Gasteiger partial charge in [-0.2, -0.15) is 4.98 Å². The number of nitrogens with one attached hydrogen (secondary N) is 1. The van der Waals surface area contributed by atoms with E-state index in [0.29, 0.717) is 6.42 Å². The molecule has 2 saturated heterocycles. The Morgan fingerprint density at radius 2 is 1.91 bits per heavy atom. The molecule has 0 bridgehead atoms. The number of nitrogens with zero attached hydrogens (tertiary/aromatic N) is 2. The van der Waals surface area contributed by atoms with Crippen molar-refractivity contribution in [2.24, 2.45) is 0 Å². The first-order valence-electron chi connectivity index (χ1n) is 10.9. The van der Waals surface area contributed by atoms with Crippen molar-refractivity contribution >= 4 is 11.9 Å². The number of carbonyl (C=O) groups is 1. The van der Waals surface area contributed by atoms with Crippen molar-refractivity contribution in [1.82, 2.24) is 9.55 Å². The van der Waals surface area contributed by atoms with E-state index in [4.69, 9.17) is 18.9 Å². The zero-order valence-electron chi connectivity index (χ0n) is 18.6.